The molecule has 0 radical (unpaired) electrons. The minimum absolute atomic E-state index is 0.0457. The Bertz CT molecular complexity index is 332. The second kappa shape index (κ2) is 7.62. The lowest BCUT2D eigenvalue weighted by molar-refractivity contribution is -0.124. The molecule has 3 unspecified atom stereocenters. The number of piperidine rings is 1. The number of carbonyl (C=O) groups is 1. The van der Waals surface area contributed by atoms with Crippen molar-refractivity contribution in [2.75, 3.05) is 6.54 Å². The van der Waals surface area contributed by atoms with Crippen molar-refractivity contribution < 1.29 is 4.79 Å². The zero-order chi connectivity index (χ0) is 15.4. The van der Waals surface area contributed by atoms with Gasteiger partial charge in [0.1, 0.15) is 0 Å². The Morgan fingerprint density at radius 3 is 2.38 bits per heavy atom. The summed E-state index contributed by atoms with van der Waals surface area (Å²) in [7, 11) is 0. The van der Waals surface area contributed by atoms with E-state index in [-0.39, 0.29) is 11.9 Å². The van der Waals surface area contributed by atoms with Crippen LogP contribution in [0.2, 0.25) is 0 Å². The van der Waals surface area contributed by atoms with Crippen LogP contribution in [0, 0.1) is 23.7 Å². The van der Waals surface area contributed by atoms with Crippen LogP contribution >= 0.6 is 0 Å². The molecule has 0 spiro atoms. The quantitative estimate of drug-likeness (QED) is 0.816. The predicted molar refractivity (Wildman–Crippen MR) is 88.1 cm³/mol. The molecule has 2 rings (SSSR count). The average molecular weight is 294 g/mol. The number of amides is 1. The van der Waals surface area contributed by atoms with Gasteiger partial charge in [0.05, 0.1) is 6.04 Å². The van der Waals surface area contributed by atoms with Gasteiger partial charge in [-0.15, -0.1) is 0 Å². The summed E-state index contributed by atoms with van der Waals surface area (Å²) in [5.74, 6) is 2.85. The molecule has 3 atom stereocenters. The van der Waals surface area contributed by atoms with E-state index in [1.807, 2.05) is 0 Å². The summed E-state index contributed by atoms with van der Waals surface area (Å²) < 4.78 is 0. The van der Waals surface area contributed by atoms with Gasteiger partial charge in [0.2, 0.25) is 5.91 Å². The minimum Gasteiger partial charge on any atom is -0.354 e. The van der Waals surface area contributed by atoms with E-state index in [9.17, 15) is 4.79 Å². The molecule has 1 aliphatic carbocycles. The molecule has 1 saturated carbocycles. The van der Waals surface area contributed by atoms with Gasteiger partial charge < -0.3 is 10.6 Å². The Labute approximate surface area is 130 Å². The van der Waals surface area contributed by atoms with Gasteiger partial charge >= 0.3 is 0 Å². The molecule has 0 aromatic carbocycles. The standard InChI is InChI=1S/C18H34N2O/c1-12(2)15(13(3)4)11-19-18(21)17-10-9-14-7-5-6-8-16(14)20-17/h12-17,20H,5-11H2,1-4H3,(H,19,21). The normalized spacial score (nSPS) is 29.8. The maximum Gasteiger partial charge on any atom is 0.237 e. The summed E-state index contributed by atoms with van der Waals surface area (Å²) in [4.78, 5) is 12.4. The van der Waals surface area contributed by atoms with Crippen molar-refractivity contribution in [3.63, 3.8) is 0 Å². The van der Waals surface area contributed by atoms with Gasteiger partial charge in [-0.2, -0.15) is 0 Å². The highest BCUT2D eigenvalue weighted by Gasteiger charge is 2.34. The third-order valence-corrected chi connectivity index (χ3v) is 5.69. The first-order valence-electron chi connectivity index (χ1n) is 9.02. The number of nitrogens with one attached hydrogen (secondary N) is 2. The zero-order valence-corrected chi connectivity index (χ0v) is 14.3. The van der Waals surface area contributed by atoms with Crippen molar-refractivity contribution >= 4 is 5.91 Å². The van der Waals surface area contributed by atoms with Crippen LogP contribution in [0.25, 0.3) is 0 Å². The second-order valence-corrected chi connectivity index (χ2v) is 7.84. The van der Waals surface area contributed by atoms with Gasteiger partial charge in [0, 0.05) is 12.6 Å². The van der Waals surface area contributed by atoms with Crippen LogP contribution in [-0.2, 0) is 4.79 Å². The molecule has 2 N–H and O–H groups in total. The first-order valence-corrected chi connectivity index (χ1v) is 9.02. The molecule has 3 heteroatoms. The van der Waals surface area contributed by atoms with Crippen LogP contribution in [0.4, 0.5) is 0 Å². The molecule has 122 valence electrons. The number of hydrogen-bond donors (Lipinski definition) is 2. The van der Waals surface area contributed by atoms with Crippen molar-refractivity contribution in [3.8, 4) is 0 Å². The zero-order valence-electron chi connectivity index (χ0n) is 14.3. The second-order valence-electron chi connectivity index (χ2n) is 7.84. The van der Waals surface area contributed by atoms with E-state index in [4.69, 9.17) is 0 Å². The van der Waals surface area contributed by atoms with E-state index in [2.05, 4.69) is 38.3 Å². The monoisotopic (exact) mass is 294 g/mol. The molecule has 1 aliphatic heterocycles. The number of fused-ring (bicyclic) bond motifs is 1. The molecule has 2 fully saturated rings. The molecule has 1 heterocycles. The minimum atomic E-state index is 0.0457. The molecule has 21 heavy (non-hydrogen) atoms. The molecule has 1 saturated heterocycles. The van der Waals surface area contributed by atoms with Gasteiger partial charge in [-0.3, -0.25) is 4.79 Å². The van der Waals surface area contributed by atoms with Crippen molar-refractivity contribution in [1.82, 2.24) is 10.6 Å². The Kier molecular flexibility index (Phi) is 6.09. The average Bonchev–Trinajstić information content (AvgIpc) is 2.46. The molecule has 2 aliphatic rings. The maximum absolute atomic E-state index is 12.4. The SMILES string of the molecule is CC(C)C(CNC(=O)C1CCC2CCCCC2N1)C(C)C. The van der Waals surface area contributed by atoms with Crippen LogP contribution in [0.1, 0.15) is 66.2 Å². The van der Waals surface area contributed by atoms with Crippen molar-refractivity contribution in [1.29, 1.82) is 0 Å². The van der Waals surface area contributed by atoms with Gasteiger partial charge in [0.15, 0.2) is 0 Å². The summed E-state index contributed by atoms with van der Waals surface area (Å²) in [6, 6.07) is 0.638. The third-order valence-electron chi connectivity index (χ3n) is 5.69. The Hall–Kier alpha value is -0.570. The molecule has 0 bridgehead atoms. The lowest BCUT2D eigenvalue weighted by Gasteiger charge is -2.40. The maximum atomic E-state index is 12.4. The fourth-order valence-electron chi connectivity index (χ4n) is 4.28. The molecule has 0 aromatic rings. The summed E-state index contributed by atoms with van der Waals surface area (Å²) in [6.45, 7) is 9.83. The summed E-state index contributed by atoms with van der Waals surface area (Å²) in [5.41, 5.74) is 0. The smallest absolute Gasteiger partial charge is 0.237 e. The van der Waals surface area contributed by atoms with Crippen LogP contribution in [0.3, 0.4) is 0 Å². The van der Waals surface area contributed by atoms with Crippen molar-refractivity contribution in [2.24, 2.45) is 23.7 Å². The number of hydrogen-bond acceptors (Lipinski definition) is 2. The van der Waals surface area contributed by atoms with E-state index in [1.54, 1.807) is 0 Å². The van der Waals surface area contributed by atoms with Gasteiger partial charge in [-0.05, 0) is 49.4 Å². The van der Waals surface area contributed by atoms with Crippen LogP contribution in [-0.4, -0.2) is 24.5 Å². The lowest BCUT2D eigenvalue weighted by atomic mass is 9.77. The van der Waals surface area contributed by atoms with E-state index in [1.165, 1.54) is 32.1 Å². The number of carbonyl (C=O) groups excluding carboxylic acids is 1. The number of rotatable bonds is 5. The van der Waals surface area contributed by atoms with E-state index in [0.717, 1.165) is 18.9 Å². The molecule has 0 aromatic heterocycles. The first kappa shape index (κ1) is 16.8. The van der Waals surface area contributed by atoms with E-state index >= 15 is 0 Å². The highest BCUT2D eigenvalue weighted by Crippen LogP contribution is 2.32. The highest BCUT2D eigenvalue weighted by molar-refractivity contribution is 5.81. The molecular weight excluding hydrogens is 260 g/mol. The van der Waals surface area contributed by atoms with Crippen LogP contribution < -0.4 is 10.6 Å². The summed E-state index contributed by atoms with van der Waals surface area (Å²) >= 11 is 0. The van der Waals surface area contributed by atoms with Gasteiger partial charge in [0.25, 0.3) is 0 Å². The van der Waals surface area contributed by atoms with Gasteiger partial charge in [-0.1, -0.05) is 40.5 Å². The summed E-state index contributed by atoms with van der Waals surface area (Å²) in [5, 5.41) is 6.83. The van der Waals surface area contributed by atoms with Gasteiger partial charge in [-0.25, -0.2) is 0 Å². The molecule has 3 nitrogen and oxygen atoms in total. The Morgan fingerprint density at radius 2 is 1.71 bits per heavy atom. The molecular formula is C18H34N2O. The summed E-state index contributed by atoms with van der Waals surface area (Å²) in [6.07, 6.45) is 7.56. The Morgan fingerprint density at radius 1 is 1.05 bits per heavy atom. The highest BCUT2D eigenvalue weighted by atomic mass is 16.2. The fourth-order valence-corrected chi connectivity index (χ4v) is 4.28. The Balaban J connectivity index is 1.80. The predicted octanol–water partition coefficient (Wildman–Crippen LogP) is 3.34. The van der Waals surface area contributed by atoms with Crippen LogP contribution in [0.5, 0.6) is 0 Å². The third kappa shape index (κ3) is 4.45. The van der Waals surface area contributed by atoms with Crippen LogP contribution in [0.15, 0.2) is 0 Å². The fraction of sp³-hybridized carbons (Fsp3) is 0.944. The molecule has 1 amide bonds. The van der Waals surface area contributed by atoms with Crippen molar-refractivity contribution in [2.45, 2.75) is 78.3 Å². The van der Waals surface area contributed by atoms with E-state index < -0.39 is 0 Å². The van der Waals surface area contributed by atoms with Crippen molar-refractivity contribution in [3.05, 3.63) is 0 Å². The van der Waals surface area contributed by atoms with E-state index in [0.29, 0.717) is 23.8 Å². The topological polar surface area (TPSA) is 41.1 Å². The lowest BCUT2D eigenvalue weighted by Crippen LogP contribution is -2.55. The first-order chi connectivity index (χ1) is 9.99. The largest absolute Gasteiger partial charge is 0.354 e.